The SMILES string of the molecule is O=C(NCc1cccc(Cl)c1)c1cccc(Cl)c1. The van der Waals surface area contributed by atoms with Crippen molar-refractivity contribution in [3.05, 3.63) is 69.7 Å². The standard InChI is InChI=1S/C14H11Cl2NO/c15-12-5-1-3-10(7-12)9-17-14(18)11-4-2-6-13(16)8-11/h1-8H,9H2,(H,17,18). The van der Waals surface area contributed by atoms with Crippen molar-refractivity contribution in [2.75, 3.05) is 0 Å². The molecule has 18 heavy (non-hydrogen) atoms. The third-order valence-corrected chi connectivity index (χ3v) is 2.90. The smallest absolute Gasteiger partial charge is 0.251 e. The van der Waals surface area contributed by atoms with Crippen LogP contribution in [0.15, 0.2) is 48.5 Å². The molecular weight excluding hydrogens is 269 g/mol. The second-order valence-corrected chi connectivity index (χ2v) is 4.70. The van der Waals surface area contributed by atoms with Gasteiger partial charge in [0.1, 0.15) is 0 Å². The molecule has 0 fully saturated rings. The molecule has 0 unspecified atom stereocenters. The van der Waals surface area contributed by atoms with Gasteiger partial charge in [0.25, 0.3) is 5.91 Å². The lowest BCUT2D eigenvalue weighted by atomic mass is 10.2. The number of carbonyl (C=O) groups excluding carboxylic acids is 1. The van der Waals surface area contributed by atoms with Gasteiger partial charge < -0.3 is 5.32 Å². The number of rotatable bonds is 3. The fourth-order valence-electron chi connectivity index (χ4n) is 1.56. The van der Waals surface area contributed by atoms with E-state index in [1.54, 1.807) is 30.3 Å². The third kappa shape index (κ3) is 3.49. The Morgan fingerprint density at radius 2 is 1.67 bits per heavy atom. The number of benzene rings is 2. The van der Waals surface area contributed by atoms with Crippen molar-refractivity contribution in [1.82, 2.24) is 5.32 Å². The Bertz CT molecular complexity index is 569. The van der Waals surface area contributed by atoms with Crippen LogP contribution in [-0.4, -0.2) is 5.91 Å². The molecule has 2 aromatic rings. The second-order valence-electron chi connectivity index (χ2n) is 3.82. The van der Waals surface area contributed by atoms with Gasteiger partial charge in [-0.15, -0.1) is 0 Å². The summed E-state index contributed by atoms with van der Waals surface area (Å²) in [6.07, 6.45) is 0. The van der Waals surface area contributed by atoms with E-state index in [-0.39, 0.29) is 5.91 Å². The Morgan fingerprint density at radius 1 is 1.00 bits per heavy atom. The molecule has 0 spiro atoms. The van der Waals surface area contributed by atoms with Crippen molar-refractivity contribution < 1.29 is 4.79 Å². The van der Waals surface area contributed by atoms with Crippen LogP contribution in [0.25, 0.3) is 0 Å². The minimum absolute atomic E-state index is 0.155. The van der Waals surface area contributed by atoms with Gasteiger partial charge in [-0.3, -0.25) is 4.79 Å². The molecule has 0 saturated carbocycles. The Morgan fingerprint density at radius 3 is 2.33 bits per heavy atom. The van der Waals surface area contributed by atoms with Gasteiger partial charge >= 0.3 is 0 Å². The zero-order valence-corrected chi connectivity index (χ0v) is 11.0. The highest BCUT2D eigenvalue weighted by Gasteiger charge is 2.05. The van der Waals surface area contributed by atoms with Gasteiger partial charge in [-0.25, -0.2) is 0 Å². The molecule has 0 saturated heterocycles. The van der Waals surface area contributed by atoms with Crippen LogP contribution in [0.1, 0.15) is 15.9 Å². The van der Waals surface area contributed by atoms with E-state index >= 15 is 0 Å². The van der Waals surface area contributed by atoms with Gasteiger partial charge in [0, 0.05) is 22.2 Å². The molecule has 0 aliphatic rings. The summed E-state index contributed by atoms with van der Waals surface area (Å²) in [5.41, 5.74) is 1.50. The molecule has 1 amide bonds. The first-order valence-electron chi connectivity index (χ1n) is 5.43. The number of hydrogen-bond acceptors (Lipinski definition) is 1. The van der Waals surface area contributed by atoms with E-state index in [4.69, 9.17) is 23.2 Å². The van der Waals surface area contributed by atoms with E-state index in [1.165, 1.54) is 0 Å². The fraction of sp³-hybridized carbons (Fsp3) is 0.0714. The largest absolute Gasteiger partial charge is 0.348 e. The van der Waals surface area contributed by atoms with Crippen LogP contribution >= 0.6 is 23.2 Å². The van der Waals surface area contributed by atoms with E-state index < -0.39 is 0 Å². The summed E-state index contributed by atoms with van der Waals surface area (Å²) in [5.74, 6) is -0.155. The van der Waals surface area contributed by atoms with Crippen LogP contribution in [0.5, 0.6) is 0 Å². The highest BCUT2D eigenvalue weighted by atomic mass is 35.5. The predicted molar refractivity (Wildman–Crippen MR) is 74.1 cm³/mol. The Hall–Kier alpha value is -1.51. The van der Waals surface area contributed by atoms with Gasteiger partial charge in [-0.1, -0.05) is 41.4 Å². The second kappa shape index (κ2) is 5.89. The first-order valence-corrected chi connectivity index (χ1v) is 6.19. The molecule has 0 bridgehead atoms. The van der Waals surface area contributed by atoms with Crippen molar-refractivity contribution in [3.8, 4) is 0 Å². The lowest BCUT2D eigenvalue weighted by Gasteiger charge is -2.06. The minimum atomic E-state index is -0.155. The third-order valence-electron chi connectivity index (χ3n) is 2.43. The maximum Gasteiger partial charge on any atom is 0.251 e. The molecule has 2 aromatic carbocycles. The van der Waals surface area contributed by atoms with Crippen molar-refractivity contribution in [2.45, 2.75) is 6.54 Å². The van der Waals surface area contributed by atoms with Gasteiger partial charge in [0.05, 0.1) is 0 Å². The zero-order valence-electron chi connectivity index (χ0n) is 9.49. The summed E-state index contributed by atoms with van der Waals surface area (Å²) < 4.78 is 0. The Labute approximate surface area is 116 Å². The van der Waals surface area contributed by atoms with E-state index in [2.05, 4.69) is 5.32 Å². The van der Waals surface area contributed by atoms with Crippen LogP contribution in [0, 0.1) is 0 Å². The lowest BCUT2D eigenvalue weighted by Crippen LogP contribution is -2.22. The molecule has 92 valence electrons. The monoisotopic (exact) mass is 279 g/mol. The first kappa shape index (κ1) is 12.9. The normalized spacial score (nSPS) is 10.1. The minimum Gasteiger partial charge on any atom is -0.348 e. The van der Waals surface area contributed by atoms with Gasteiger partial charge in [0.2, 0.25) is 0 Å². The van der Waals surface area contributed by atoms with Crippen molar-refractivity contribution >= 4 is 29.1 Å². The lowest BCUT2D eigenvalue weighted by molar-refractivity contribution is 0.0951. The number of amides is 1. The van der Waals surface area contributed by atoms with Crippen LogP contribution in [0.2, 0.25) is 10.0 Å². The van der Waals surface area contributed by atoms with E-state index in [0.29, 0.717) is 22.2 Å². The van der Waals surface area contributed by atoms with Crippen LogP contribution in [0.3, 0.4) is 0 Å². The molecule has 4 heteroatoms. The molecule has 0 radical (unpaired) electrons. The Kier molecular flexibility index (Phi) is 4.24. The van der Waals surface area contributed by atoms with Crippen LogP contribution < -0.4 is 5.32 Å². The summed E-state index contributed by atoms with van der Waals surface area (Å²) in [6.45, 7) is 0.436. The molecular formula is C14H11Cl2NO. The number of carbonyl (C=O) groups is 1. The molecule has 0 aliphatic carbocycles. The fourth-order valence-corrected chi connectivity index (χ4v) is 1.96. The summed E-state index contributed by atoms with van der Waals surface area (Å²) in [7, 11) is 0. The molecule has 0 aromatic heterocycles. The summed E-state index contributed by atoms with van der Waals surface area (Å²) >= 11 is 11.7. The van der Waals surface area contributed by atoms with E-state index in [9.17, 15) is 4.79 Å². The topological polar surface area (TPSA) is 29.1 Å². The molecule has 1 N–H and O–H groups in total. The molecule has 2 nitrogen and oxygen atoms in total. The predicted octanol–water partition coefficient (Wildman–Crippen LogP) is 3.92. The zero-order chi connectivity index (χ0) is 13.0. The summed E-state index contributed by atoms with van der Waals surface area (Å²) in [5, 5.41) is 4.02. The van der Waals surface area contributed by atoms with Crippen LogP contribution in [-0.2, 0) is 6.54 Å². The number of hydrogen-bond donors (Lipinski definition) is 1. The highest BCUT2D eigenvalue weighted by Crippen LogP contribution is 2.12. The molecule has 0 heterocycles. The van der Waals surface area contributed by atoms with E-state index in [1.807, 2.05) is 18.2 Å². The maximum atomic E-state index is 11.9. The summed E-state index contributed by atoms with van der Waals surface area (Å²) in [6, 6.07) is 14.2. The summed E-state index contributed by atoms with van der Waals surface area (Å²) in [4.78, 5) is 11.9. The van der Waals surface area contributed by atoms with Crippen molar-refractivity contribution in [2.24, 2.45) is 0 Å². The van der Waals surface area contributed by atoms with Gasteiger partial charge in [0.15, 0.2) is 0 Å². The quantitative estimate of drug-likeness (QED) is 0.907. The van der Waals surface area contributed by atoms with Crippen molar-refractivity contribution in [1.29, 1.82) is 0 Å². The highest BCUT2D eigenvalue weighted by molar-refractivity contribution is 6.31. The number of nitrogens with one attached hydrogen (secondary N) is 1. The molecule has 0 atom stereocenters. The van der Waals surface area contributed by atoms with Crippen LogP contribution in [0.4, 0.5) is 0 Å². The number of halogens is 2. The van der Waals surface area contributed by atoms with Crippen molar-refractivity contribution in [3.63, 3.8) is 0 Å². The molecule has 2 rings (SSSR count). The Balaban J connectivity index is 2.00. The molecule has 0 aliphatic heterocycles. The first-order chi connectivity index (χ1) is 8.65. The van der Waals surface area contributed by atoms with Gasteiger partial charge in [-0.2, -0.15) is 0 Å². The maximum absolute atomic E-state index is 11.9. The average molecular weight is 280 g/mol. The average Bonchev–Trinajstić information content (AvgIpc) is 2.36. The van der Waals surface area contributed by atoms with E-state index in [0.717, 1.165) is 5.56 Å². The van der Waals surface area contributed by atoms with Gasteiger partial charge in [-0.05, 0) is 35.9 Å².